The van der Waals surface area contributed by atoms with Gasteiger partial charge in [0.25, 0.3) is 5.69 Å². The number of anilines is 1. The number of carboxylic acid groups (broad SMARTS) is 1. The Balaban J connectivity index is 2.22. The van der Waals surface area contributed by atoms with Crippen molar-refractivity contribution < 1.29 is 14.8 Å². The maximum absolute atomic E-state index is 11.1. The van der Waals surface area contributed by atoms with E-state index in [0.717, 1.165) is 16.0 Å². The maximum atomic E-state index is 11.1. The Hall–Kier alpha value is -2.48. The SMILES string of the molecule is Cc1ncc(CNc2ccc([N+](=O)[O-])cc2C(=O)O)s1. The highest BCUT2D eigenvalue weighted by Crippen LogP contribution is 2.23. The lowest BCUT2D eigenvalue weighted by molar-refractivity contribution is -0.384. The summed E-state index contributed by atoms with van der Waals surface area (Å²) in [6.45, 7) is 2.30. The van der Waals surface area contributed by atoms with Crippen molar-refractivity contribution in [2.45, 2.75) is 13.5 Å². The summed E-state index contributed by atoms with van der Waals surface area (Å²) in [6, 6.07) is 3.71. The number of nitrogens with zero attached hydrogens (tertiary/aromatic N) is 2. The molecule has 0 aliphatic carbocycles. The van der Waals surface area contributed by atoms with Crippen molar-refractivity contribution in [1.82, 2.24) is 4.98 Å². The Morgan fingerprint density at radius 2 is 2.30 bits per heavy atom. The molecule has 1 heterocycles. The molecule has 0 saturated carbocycles. The summed E-state index contributed by atoms with van der Waals surface area (Å²) in [7, 11) is 0. The highest BCUT2D eigenvalue weighted by Gasteiger charge is 2.16. The highest BCUT2D eigenvalue weighted by molar-refractivity contribution is 7.11. The molecule has 104 valence electrons. The summed E-state index contributed by atoms with van der Waals surface area (Å²) in [6.07, 6.45) is 1.71. The van der Waals surface area contributed by atoms with Gasteiger partial charge in [0.05, 0.1) is 22.0 Å². The number of benzene rings is 1. The zero-order valence-corrected chi connectivity index (χ0v) is 11.3. The van der Waals surface area contributed by atoms with E-state index in [0.29, 0.717) is 12.2 Å². The predicted octanol–water partition coefficient (Wildman–Crippen LogP) is 2.67. The highest BCUT2D eigenvalue weighted by atomic mass is 32.1. The monoisotopic (exact) mass is 293 g/mol. The van der Waals surface area contributed by atoms with E-state index in [2.05, 4.69) is 10.3 Å². The number of aromatic carboxylic acids is 1. The third kappa shape index (κ3) is 3.09. The van der Waals surface area contributed by atoms with Crippen LogP contribution in [0, 0.1) is 17.0 Å². The smallest absolute Gasteiger partial charge is 0.338 e. The standard InChI is InChI=1S/C12H11N3O4S/c1-7-13-5-9(20-7)6-14-11-3-2-8(15(18)19)4-10(11)12(16)17/h2-5,14H,6H2,1H3,(H,16,17). The molecule has 1 aromatic heterocycles. The molecule has 0 radical (unpaired) electrons. The molecule has 2 N–H and O–H groups in total. The number of hydrogen-bond donors (Lipinski definition) is 2. The van der Waals surface area contributed by atoms with Crippen LogP contribution in [0.15, 0.2) is 24.4 Å². The van der Waals surface area contributed by atoms with Gasteiger partial charge in [0, 0.05) is 28.9 Å². The molecule has 7 nitrogen and oxygen atoms in total. The molecule has 0 atom stereocenters. The molecule has 0 unspecified atom stereocenters. The minimum Gasteiger partial charge on any atom is -0.478 e. The minimum absolute atomic E-state index is 0.125. The van der Waals surface area contributed by atoms with Crippen LogP contribution in [0.2, 0.25) is 0 Å². The molecule has 2 aromatic rings. The van der Waals surface area contributed by atoms with Gasteiger partial charge in [-0.05, 0) is 13.0 Å². The lowest BCUT2D eigenvalue weighted by atomic mass is 10.1. The molecule has 2 rings (SSSR count). The van der Waals surface area contributed by atoms with E-state index in [1.165, 1.54) is 23.5 Å². The normalized spacial score (nSPS) is 10.2. The second-order valence-electron chi connectivity index (χ2n) is 3.99. The number of carboxylic acids is 1. The van der Waals surface area contributed by atoms with E-state index in [1.807, 2.05) is 6.92 Å². The molecule has 0 fully saturated rings. The third-order valence-electron chi connectivity index (χ3n) is 2.57. The van der Waals surface area contributed by atoms with Crippen LogP contribution >= 0.6 is 11.3 Å². The van der Waals surface area contributed by atoms with Gasteiger partial charge in [-0.25, -0.2) is 9.78 Å². The van der Waals surface area contributed by atoms with E-state index in [9.17, 15) is 14.9 Å². The van der Waals surface area contributed by atoms with Crippen molar-refractivity contribution in [1.29, 1.82) is 0 Å². The number of nitrogens with one attached hydrogen (secondary N) is 1. The third-order valence-corrected chi connectivity index (χ3v) is 3.48. The molecular formula is C12H11N3O4S. The molecule has 0 saturated heterocycles. The number of thiazole rings is 1. The Kier molecular flexibility index (Phi) is 3.94. The second kappa shape index (κ2) is 5.66. The van der Waals surface area contributed by atoms with E-state index < -0.39 is 10.9 Å². The fraction of sp³-hybridized carbons (Fsp3) is 0.167. The number of aromatic nitrogens is 1. The number of nitro groups is 1. The Morgan fingerprint density at radius 1 is 1.55 bits per heavy atom. The quantitative estimate of drug-likeness (QED) is 0.648. The Labute approximate surface area is 118 Å². The van der Waals surface area contributed by atoms with Crippen LogP contribution < -0.4 is 5.32 Å². The first-order chi connectivity index (χ1) is 9.47. The average Bonchev–Trinajstić information content (AvgIpc) is 2.81. The Bertz CT molecular complexity index is 668. The number of carbonyl (C=O) groups is 1. The van der Waals surface area contributed by atoms with Crippen molar-refractivity contribution in [2.75, 3.05) is 5.32 Å². The first-order valence-corrected chi connectivity index (χ1v) is 6.46. The van der Waals surface area contributed by atoms with Crippen molar-refractivity contribution in [3.8, 4) is 0 Å². The van der Waals surface area contributed by atoms with Crippen molar-refractivity contribution in [3.63, 3.8) is 0 Å². The Morgan fingerprint density at radius 3 is 2.85 bits per heavy atom. The van der Waals surface area contributed by atoms with Crippen molar-refractivity contribution in [2.24, 2.45) is 0 Å². The van der Waals surface area contributed by atoms with E-state index >= 15 is 0 Å². The maximum Gasteiger partial charge on any atom is 0.338 e. The summed E-state index contributed by atoms with van der Waals surface area (Å²) in [5.74, 6) is -1.21. The van der Waals surface area contributed by atoms with Gasteiger partial charge in [0.15, 0.2) is 0 Å². The van der Waals surface area contributed by atoms with Gasteiger partial charge in [-0.15, -0.1) is 11.3 Å². The molecule has 0 aliphatic heterocycles. The van der Waals surface area contributed by atoms with Crippen molar-refractivity contribution >= 4 is 28.7 Å². The van der Waals surface area contributed by atoms with E-state index in [1.54, 1.807) is 6.20 Å². The molecule has 20 heavy (non-hydrogen) atoms. The molecule has 0 bridgehead atoms. The molecule has 0 aliphatic rings. The summed E-state index contributed by atoms with van der Waals surface area (Å²) in [5.41, 5.74) is -0.0313. The summed E-state index contributed by atoms with van der Waals surface area (Å²) in [5, 5.41) is 23.6. The van der Waals surface area contributed by atoms with Crippen LogP contribution in [0.1, 0.15) is 20.2 Å². The fourth-order valence-corrected chi connectivity index (χ4v) is 2.38. The van der Waals surface area contributed by atoms with Gasteiger partial charge in [-0.1, -0.05) is 0 Å². The first kappa shape index (κ1) is 13.9. The summed E-state index contributed by atoms with van der Waals surface area (Å²) >= 11 is 1.50. The number of non-ortho nitro benzene ring substituents is 1. The molecule has 1 aromatic carbocycles. The second-order valence-corrected chi connectivity index (χ2v) is 5.31. The van der Waals surface area contributed by atoms with Gasteiger partial charge in [-0.3, -0.25) is 10.1 Å². The number of nitro benzene ring substituents is 1. The number of aryl methyl sites for hydroxylation is 1. The summed E-state index contributed by atoms with van der Waals surface area (Å²) < 4.78 is 0. The van der Waals surface area contributed by atoms with Crippen LogP contribution in [0.5, 0.6) is 0 Å². The van der Waals surface area contributed by atoms with E-state index in [4.69, 9.17) is 5.11 Å². The van der Waals surface area contributed by atoms with Gasteiger partial charge < -0.3 is 10.4 Å². The fourth-order valence-electron chi connectivity index (χ4n) is 1.65. The average molecular weight is 293 g/mol. The van der Waals surface area contributed by atoms with Crippen molar-refractivity contribution in [3.05, 3.63) is 50.0 Å². The van der Waals surface area contributed by atoms with Crippen LogP contribution in [0.4, 0.5) is 11.4 Å². The summed E-state index contributed by atoms with van der Waals surface area (Å²) in [4.78, 5) is 26.2. The predicted molar refractivity (Wildman–Crippen MR) is 74.2 cm³/mol. The number of hydrogen-bond acceptors (Lipinski definition) is 6. The molecule has 0 amide bonds. The van der Waals surface area contributed by atoms with Crippen LogP contribution in [-0.2, 0) is 6.54 Å². The molecule has 8 heteroatoms. The first-order valence-electron chi connectivity index (χ1n) is 5.64. The van der Waals surface area contributed by atoms with Gasteiger partial charge >= 0.3 is 5.97 Å². The minimum atomic E-state index is -1.21. The van der Waals surface area contributed by atoms with E-state index in [-0.39, 0.29) is 11.3 Å². The van der Waals surface area contributed by atoms with Gasteiger partial charge in [-0.2, -0.15) is 0 Å². The molecule has 0 spiro atoms. The lowest BCUT2D eigenvalue weighted by Gasteiger charge is -2.08. The van der Waals surface area contributed by atoms with Crippen LogP contribution in [-0.4, -0.2) is 21.0 Å². The zero-order chi connectivity index (χ0) is 14.7. The topological polar surface area (TPSA) is 105 Å². The molecular weight excluding hydrogens is 282 g/mol. The number of rotatable bonds is 5. The lowest BCUT2D eigenvalue weighted by Crippen LogP contribution is -2.06. The van der Waals surface area contributed by atoms with Gasteiger partial charge in [0.1, 0.15) is 0 Å². The van der Waals surface area contributed by atoms with Crippen LogP contribution in [0.25, 0.3) is 0 Å². The largest absolute Gasteiger partial charge is 0.478 e. The zero-order valence-electron chi connectivity index (χ0n) is 10.5. The van der Waals surface area contributed by atoms with Crippen LogP contribution in [0.3, 0.4) is 0 Å². The van der Waals surface area contributed by atoms with Gasteiger partial charge in [0.2, 0.25) is 0 Å².